The molecule has 1 unspecified atom stereocenters. The van der Waals surface area contributed by atoms with Crippen LogP contribution in [0.15, 0.2) is 18.2 Å². The van der Waals surface area contributed by atoms with Gasteiger partial charge in [0.15, 0.2) is 5.78 Å². The molecule has 1 saturated heterocycles. The molecule has 1 aliphatic heterocycles. The Morgan fingerprint density at radius 3 is 2.95 bits per heavy atom. The molecule has 0 amide bonds. The molecule has 20 heavy (non-hydrogen) atoms. The quantitative estimate of drug-likeness (QED) is 0.778. The lowest BCUT2D eigenvalue weighted by Gasteiger charge is -2.31. The summed E-state index contributed by atoms with van der Waals surface area (Å²) >= 11 is 11.9. The zero-order chi connectivity index (χ0) is 14.5. The molecule has 0 saturated carbocycles. The number of rotatable bonds is 5. The van der Waals surface area contributed by atoms with Crippen LogP contribution in [-0.4, -0.2) is 44.0 Å². The third kappa shape index (κ3) is 4.19. The molecule has 0 radical (unpaired) electrons. The normalized spacial score (nSPS) is 20.1. The number of ketones is 1. The average Bonchev–Trinajstić information content (AvgIpc) is 2.39. The van der Waals surface area contributed by atoms with Crippen LogP contribution in [-0.2, 0) is 4.74 Å². The van der Waals surface area contributed by atoms with Crippen molar-refractivity contribution in [2.75, 3.05) is 33.4 Å². The molecule has 0 aliphatic carbocycles. The van der Waals surface area contributed by atoms with E-state index in [1.807, 2.05) is 0 Å². The summed E-state index contributed by atoms with van der Waals surface area (Å²) in [5.74, 6) is 0.562. The largest absolute Gasteiger partial charge is 0.384 e. The Balaban J connectivity index is 1.97. The van der Waals surface area contributed by atoms with E-state index in [4.69, 9.17) is 27.9 Å². The maximum Gasteiger partial charge on any atom is 0.178 e. The van der Waals surface area contributed by atoms with Crippen LogP contribution >= 0.6 is 23.2 Å². The van der Waals surface area contributed by atoms with Crippen molar-refractivity contribution < 1.29 is 9.53 Å². The molecule has 0 aromatic heterocycles. The molecular formula is C15H19Cl2NO2. The van der Waals surface area contributed by atoms with Gasteiger partial charge in [0.1, 0.15) is 0 Å². The van der Waals surface area contributed by atoms with Crippen LogP contribution in [0, 0.1) is 5.92 Å². The summed E-state index contributed by atoms with van der Waals surface area (Å²) in [6.45, 7) is 3.02. The maximum atomic E-state index is 12.3. The van der Waals surface area contributed by atoms with Crippen molar-refractivity contribution in [1.82, 2.24) is 4.90 Å². The summed E-state index contributed by atoms with van der Waals surface area (Å²) < 4.78 is 5.20. The molecule has 3 nitrogen and oxygen atoms in total. The lowest BCUT2D eigenvalue weighted by molar-refractivity contribution is 0.0758. The highest BCUT2D eigenvalue weighted by atomic mass is 35.5. The fraction of sp³-hybridized carbons (Fsp3) is 0.533. The highest BCUT2D eigenvalue weighted by molar-refractivity contribution is 6.36. The van der Waals surface area contributed by atoms with Crippen molar-refractivity contribution in [3.8, 4) is 0 Å². The number of carbonyl (C=O) groups is 1. The Kier molecular flexibility index (Phi) is 5.85. The fourth-order valence-electron chi connectivity index (χ4n) is 2.67. The van der Waals surface area contributed by atoms with Crippen molar-refractivity contribution in [2.45, 2.75) is 12.8 Å². The molecule has 0 bridgehead atoms. The number of methoxy groups -OCH3 is 1. The second-order valence-electron chi connectivity index (χ2n) is 5.25. The summed E-state index contributed by atoms with van der Waals surface area (Å²) in [6, 6.07) is 5.01. The van der Waals surface area contributed by atoms with Gasteiger partial charge in [-0.3, -0.25) is 9.69 Å². The van der Waals surface area contributed by atoms with Gasteiger partial charge in [0, 0.05) is 24.2 Å². The molecule has 1 fully saturated rings. The predicted molar refractivity (Wildman–Crippen MR) is 81.8 cm³/mol. The maximum absolute atomic E-state index is 12.3. The number of halogens is 2. The molecule has 0 spiro atoms. The Morgan fingerprint density at radius 1 is 1.45 bits per heavy atom. The molecule has 0 N–H and O–H groups in total. The van der Waals surface area contributed by atoms with Gasteiger partial charge in [-0.05, 0) is 43.5 Å². The van der Waals surface area contributed by atoms with Crippen LogP contribution in [0.5, 0.6) is 0 Å². The van der Waals surface area contributed by atoms with Crippen molar-refractivity contribution >= 4 is 29.0 Å². The fourth-order valence-corrected chi connectivity index (χ4v) is 3.18. The summed E-state index contributed by atoms with van der Waals surface area (Å²) in [5, 5.41) is 0.970. The van der Waals surface area contributed by atoms with E-state index in [0.717, 1.165) is 26.1 Å². The van der Waals surface area contributed by atoms with Crippen LogP contribution < -0.4 is 0 Å². The zero-order valence-corrected chi connectivity index (χ0v) is 13.1. The first-order valence-corrected chi connectivity index (χ1v) is 7.55. The number of piperidine rings is 1. The first kappa shape index (κ1) is 15.8. The molecule has 5 heteroatoms. The number of benzene rings is 1. The van der Waals surface area contributed by atoms with Crippen molar-refractivity contribution in [2.24, 2.45) is 5.92 Å². The number of hydrogen-bond donors (Lipinski definition) is 0. The van der Waals surface area contributed by atoms with Gasteiger partial charge in [0.25, 0.3) is 0 Å². The molecule has 2 rings (SSSR count). The van der Waals surface area contributed by atoms with E-state index >= 15 is 0 Å². The van der Waals surface area contributed by atoms with Gasteiger partial charge < -0.3 is 4.74 Å². The first-order chi connectivity index (χ1) is 9.60. The molecule has 1 aromatic carbocycles. The van der Waals surface area contributed by atoms with E-state index in [-0.39, 0.29) is 5.78 Å². The van der Waals surface area contributed by atoms with E-state index < -0.39 is 0 Å². The predicted octanol–water partition coefficient (Wildman–Crippen LogP) is 3.53. The third-order valence-electron chi connectivity index (χ3n) is 3.60. The van der Waals surface area contributed by atoms with Gasteiger partial charge in [0.05, 0.1) is 18.2 Å². The number of likely N-dealkylation sites (tertiary alicyclic amines) is 1. The standard InChI is InChI=1S/C15H19Cl2NO2/c1-20-10-11-3-2-6-18(8-11)9-15(19)13-5-4-12(16)7-14(13)17/h4-5,7,11H,2-3,6,8-10H2,1H3. The Hall–Kier alpha value is -0.610. The molecule has 1 heterocycles. The topological polar surface area (TPSA) is 29.5 Å². The molecule has 1 aliphatic rings. The summed E-state index contributed by atoms with van der Waals surface area (Å²) in [5.41, 5.74) is 0.546. The van der Waals surface area contributed by atoms with Crippen molar-refractivity contribution in [3.63, 3.8) is 0 Å². The second kappa shape index (κ2) is 7.41. The molecular weight excluding hydrogens is 297 g/mol. The SMILES string of the molecule is COCC1CCCN(CC(=O)c2ccc(Cl)cc2Cl)C1. The molecule has 1 atom stereocenters. The Morgan fingerprint density at radius 2 is 2.25 bits per heavy atom. The van der Waals surface area contributed by atoms with Crippen LogP contribution in [0.3, 0.4) is 0 Å². The number of nitrogens with zero attached hydrogens (tertiary/aromatic N) is 1. The van der Waals surface area contributed by atoms with Gasteiger partial charge in [-0.2, -0.15) is 0 Å². The number of hydrogen-bond acceptors (Lipinski definition) is 3. The van der Waals surface area contributed by atoms with Gasteiger partial charge in [0.2, 0.25) is 0 Å². The highest BCUT2D eigenvalue weighted by Crippen LogP contribution is 2.23. The lowest BCUT2D eigenvalue weighted by Crippen LogP contribution is -2.40. The zero-order valence-electron chi connectivity index (χ0n) is 11.6. The third-order valence-corrected chi connectivity index (χ3v) is 4.15. The van der Waals surface area contributed by atoms with Crippen LogP contribution in [0.1, 0.15) is 23.2 Å². The van der Waals surface area contributed by atoms with Crippen molar-refractivity contribution in [3.05, 3.63) is 33.8 Å². The van der Waals surface area contributed by atoms with Gasteiger partial charge in [-0.1, -0.05) is 23.2 Å². The monoisotopic (exact) mass is 315 g/mol. The molecule has 1 aromatic rings. The van der Waals surface area contributed by atoms with E-state index in [1.54, 1.807) is 25.3 Å². The van der Waals surface area contributed by atoms with Crippen molar-refractivity contribution in [1.29, 1.82) is 0 Å². The minimum Gasteiger partial charge on any atom is -0.384 e. The first-order valence-electron chi connectivity index (χ1n) is 6.79. The van der Waals surface area contributed by atoms with Crippen LogP contribution in [0.4, 0.5) is 0 Å². The Bertz CT molecular complexity index is 477. The number of carbonyl (C=O) groups excluding carboxylic acids is 1. The van der Waals surface area contributed by atoms with Gasteiger partial charge in [-0.15, -0.1) is 0 Å². The van der Waals surface area contributed by atoms with Crippen LogP contribution in [0.25, 0.3) is 0 Å². The molecule has 110 valence electrons. The van der Waals surface area contributed by atoms with Gasteiger partial charge in [-0.25, -0.2) is 0 Å². The van der Waals surface area contributed by atoms with E-state index in [1.165, 1.54) is 6.42 Å². The number of ether oxygens (including phenoxy) is 1. The summed E-state index contributed by atoms with van der Waals surface area (Å²) in [4.78, 5) is 14.5. The average molecular weight is 316 g/mol. The highest BCUT2D eigenvalue weighted by Gasteiger charge is 2.22. The van der Waals surface area contributed by atoms with E-state index in [0.29, 0.717) is 28.1 Å². The summed E-state index contributed by atoms with van der Waals surface area (Å²) in [6.07, 6.45) is 2.27. The van der Waals surface area contributed by atoms with Crippen LogP contribution in [0.2, 0.25) is 10.0 Å². The Labute approximate surface area is 129 Å². The second-order valence-corrected chi connectivity index (χ2v) is 6.09. The number of Topliss-reactive ketones (excluding diaryl/α,β-unsaturated/α-hetero) is 1. The summed E-state index contributed by atoms with van der Waals surface area (Å²) in [7, 11) is 1.72. The lowest BCUT2D eigenvalue weighted by atomic mass is 9.98. The van der Waals surface area contributed by atoms with E-state index in [2.05, 4.69) is 4.90 Å². The van der Waals surface area contributed by atoms with E-state index in [9.17, 15) is 4.79 Å². The minimum atomic E-state index is 0.0460. The smallest absolute Gasteiger partial charge is 0.178 e. The minimum absolute atomic E-state index is 0.0460. The van der Waals surface area contributed by atoms with Gasteiger partial charge >= 0.3 is 0 Å².